The Morgan fingerprint density at radius 3 is 2.37 bits per heavy atom. The first-order valence-corrected chi connectivity index (χ1v) is 11.2. The van der Waals surface area contributed by atoms with Gasteiger partial charge in [0.15, 0.2) is 17.5 Å². The van der Waals surface area contributed by atoms with Gasteiger partial charge in [0.05, 0.1) is 29.9 Å². The number of piperidine rings is 1. The molecule has 1 fully saturated rings. The van der Waals surface area contributed by atoms with E-state index in [9.17, 15) is 27.5 Å². The van der Waals surface area contributed by atoms with Crippen molar-refractivity contribution in [3.05, 3.63) is 88.5 Å². The van der Waals surface area contributed by atoms with E-state index in [1.807, 2.05) is 6.92 Å². The second-order valence-electron chi connectivity index (χ2n) is 9.05. The van der Waals surface area contributed by atoms with Gasteiger partial charge in [0.25, 0.3) is 0 Å². The molecule has 1 amide bonds. The summed E-state index contributed by atoms with van der Waals surface area (Å²) in [6.07, 6.45) is 3.98. The standard InChI is InChI=1S/C26H25F4N3O2/c1-14-6-19(7-17-4-5-23(20(27)8-17)32-12-15(2)31-13-32)26(35)33(11-14)25(16(3)34)18-9-21(28)24(30)22(29)10-18/h4-5,7-10,12-14,16,25,34H,6,11H2,1-3H3/t14-,16+,25-/m0/s1. The third kappa shape index (κ3) is 5.00. The van der Waals surface area contributed by atoms with Crippen molar-refractivity contribution in [2.45, 2.75) is 39.3 Å². The third-order valence-electron chi connectivity index (χ3n) is 6.06. The molecule has 1 aromatic heterocycles. The number of aliphatic hydroxyl groups is 1. The molecule has 9 heteroatoms. The lowest BCUT2D eigenvalue weighted by atomic mass is 9.89. The number of carbonyl (C=O) groups excluding carboxylic acids is 1. The van der Waals surface area contributed by atoms with Gasteiger partial charge in [-0.25, -0.2) is 22.5 Å². The molecule has 1 aliphatic rings. The molecule has 1 saturated heterocycles. The summed E-state index contributed by atoms with van der Waals surface area (Å²) in [7, 11) is 0. The molecule has 0 bridgehead atoms. The normalized spacial score (nSPS) is 19.3. The lowest BCUT2D eigenvalue weighted by Crippen LogP contribution is -2.46. The maximum absolute atomic E-state index is 14.8. The Morgan fingerprint density at radius 1 is 1.11 bits per heavy atom. The molecule has 2 aromatic carbocycles. The number of hydrogen-bond donors (Lipinski definition) is 1. The first-order chi connectivity index (χ1) is 16.5. The van der Waals surface area contributed by atoms with Crippen LogP contribution in [0.1, 0.15) is 43.1 Å². The zero-order valence-electron chi connectivity index (χ0n) is 19.5. The predicted octanol–water partition coefficient (Wildman–Crippen LogP) is 5.11. The lowest BCUT2D eigenvalue weighted by Gasteiger charge is -2.40. The molecule has 35 heavy (non-hydrogen) atoms. The molecule has 1 N–H and O–H groups in total. The number of aromatic nitrogens is 2. The number of benzene rings is 2. The van der Waals surface area contributed by atoms with E-state index in [0.717, 1.165) is 17.8 Å². The number of halogens is 4. The fraction of sp³-hybridized carbons (Fsp3) is 0.308. The number of imidazole rings is 1. The summed E-state index contributed by atoms with van der Waals surface area (Å²) in [5.41, 5.74) is 1.83. The Bertz CT molecular complexity index is 1280. The van der Waals surface area contributed by atoms with Crippen LogP contribution in [0.4, 0.5) is 17.6 Å². The summed E-state index contributed by atoms with van der Waals surface area (Å²) < 4.78 is 57.7. The Balaban J connectivity index is 1.67. The molecule has 3 aromatic rings. The number of carbonyl (C=O) groups is 1. The number of hydrogen-bond acceptors (Lipinski definition) is 3. The summed E-state index contributed by atoms with van der Waals surface area (Å²) in [5, 5.41) is 10.4. The van der Waals surface area contributed by atoms with Gasteiger partial charge < -0.3 is 14.6 Å². The molecule has 0 radical (unpaired) electrons. The molecule has 1 aliphatic heterocycles. The summed E-state index contributed by atoms with van der Waals surface area (Å²) in [6.45, 7) is 5.30. The fourth-order valence-electron chi connectivity index (χ4n) is 4.53. The van der Waals surface area contributed by atoms with Crippen LogP contribution in [-0.2, 0) is 4.79 Å². The molecule has 2 heterocycles. The van der Waals surface area contributed by atoms with Crippen LogP contribution in [0.2, 0.25) is 0 Å². The van der Waals surface area contributed by atoms with Crippen molar-refractivity contribution in [2.24, 2.45) is 5.92 Å². The van der Waals surface area contributed by atoms with E-state index in [2.05, 4.69) is 4.98 Å². The van der Waals surface area contributed by atoms with E-state index >= 15 is 0 Å². The van der Waals surface area contributed by atoms with Crippen LogP contribution in [0.3, 0.4) is 0 Å². The molecule has 184 valence electrons. The minimum atomic E-state index is -1.62. The van der Waals surface area contributed by atoms with Gasteiger partial charge >= 0.3 is 0 Å². The smallest absolute Gasteiger partial charge is 0.250 e. The quantitative estimate of drug-likeness (QED) is 0.309. The van der Waals surface area contributed by atoms with Crippen molar-refractivity contribution in [2.75, 3.05) is 6.54 Å². The van der Waals surface area contributed by atoms with Crippen LogP contribution in [0, 0.1) is 36.1 Å². The van der Waals surface area contributed by atoms with Crippen LogP contribution in [0.25, 0.3) is 11.8 Å². The SMILES string of the molecule is Cc1cn(-c2ccc(C=C3C[C@H](C)CN([C@H](c4cc(F)c(F)c(F)c4)[C@@H](C)O)C3=O)cc2F)cn1. The predicted molar refractivity (Wildman–Crippen MR) is 122 cm³/mol. The Hall–Kier alpha value is -3.46. The Morgan fingerprint density at radius 2 is 1.80 bits per heavy atom. The summed E-state index contributed by atoms with van der Waals surface area (Å²) in [6, 6.07) is 5.05. The van der Waals surface area contributed by atoms with Crippen molar-refractivity contribution >= 4 is 12.0 Å². The number of aliphatic hydroxyl groups excluding tert-OH is 1. The maximum Gasteiger partial charge on any atom is 0.250 e. The highest BCUT2D eigenvalue weighted by atomic mass is 19.2. The van der Waals surface area contributed by atoms with Crippen molar-refractivity contribution in [3.8, 4) is 5.69 Å². The van der Waals surface area contributed by atoms with Crippen molar-refractivity contribution in [1.82, 2.24) is 14.5 Å². The monoisotopic (exact) mass is 487 g/mol. The van der Waals surface area contributed by atoms with Crippen molar-refractivity contribution < 1.29 is 27.5 Å². The molecule has 0 unspecified atom stereocenters. The third-order valence-corrected chi connectivity index (χ3v) is 6.06. The number of aryl methyl sites for hydroxylation is 1. The average molecular weight is 487 g/mol. The number of rotatable bonds is 5. The minimum absolute atomic E-state index is 0.0478. The van der Waals surface area contributed by atoms with Gasteiger partial charge in [0.2, 0.25) is 5.91 Å². The fourth-order valence-corrected chi connectivity index (χ4v) is 4.53. The summed E-state index contributed by atoms with van der Waals surface area (Å²) in [4.78, 5) is 18.8. The molecule has 0 aliphatic carbocycles. The van der Waals surface area contributed by atoms with E-state index in [1.54, 1.807) is 35.9 Å². The van der Waals surface area contributed by atoms with Crippen LogP contribution >= 0.6 is 0 Å². The van der Waals surface area contributed by atoms with Gasteiger partial charge in [-0.15, -0.1) is 0 Å². The van der Waals surface area contributed by atoms with E-state index < -0.39 is 41.3 Å². The molecule has 0 spiro atoms. The van der Waals surface area contributed by atoms with Crippen molar-refractivity contribution in [1.29, 1.82) is 0 Å². The first kappa shape index (κ1) is 24.7. The van der Waals surface area contributed by atoms with Gasteiger partial charge in [-0.1, -0.05) is 13.0 Å². The number of amides is 1. The van der Waals surface area contributed by atoms with Crippen LogP contribution in [0.5, 0.6) is 0 Å². The molecule has 3 atom stereocenters. The number of nitrogens with zero attached hydrogens (tertiary/aromatic N) is 3. The highest BCUT2D eigenvalue weighted by molar-refractivity contribution is 5.99. The zero-order valence-corrected chi connectivity index (χ0v) is 19.5. The summed E-state index contributed by atoms with van der Waals surface area (Å²) in [5.74, 6) is -5.41. The second-order valence-corrected chi connectivity index (χ2v) is 9.05. The van der Waals surface area contributed by atoms with Gasteiger partial charge in [-0.05, 0) is 67.7 Å². The van der Waals surface area contributed by atoms with Gasteiger partial charge in [-0.3, -0.25) is 4.79 Å². The van der Waals surface area contributed by atoms with Crippen LogP contribution in [-0.4, -0.2) is 38.1 Å². The van der Waals surface area contributed by atoms with Gasteiger partial charge in [0.1, 0.15) is 5.82 Å². The van der Waals surface area contributed by atoms with Gasteiger partial charge in [-0.2, -0.15) is 0 Å². The second kappa shape index (κ2) is 9.65. The first-order valence-electron chi connectivity index (χ1n) is 11.2. The molecular formula is C26H25F4N3O2. The van der Waals surface area contributed by atoms with Crippen LogP contribution in [0.15, 0.2) is 48.4 Å². The van der Waals surface area contributed by atoms with E-state index in [-0.39, 0.29) is 18.0 Å². The van der Waals surface area contributed by atoms with Crippen molar-refractivity contribution in [3.63, 3.8) is 0 Å². The van der Waals surface area contributed by atoms with E-state index in [0.29, 0.717) is 23.2 Å². The Kier molecular flexibility index (Phi) is 6.80. The minimum Gasteiger partial charge on any atom is -0.391 e. The van der Waals surface area contributed by atoms with E-state index in [4.69, 9.17) is 0 Å². The average Bonchev–Trinajstić information content (AvgIpc) is 3.21. The zero-order chi connectivity index (χ0) is 25.4. The molecule has 5 nitrogen and oxygen atoms in total. The molecular weight excluding hydrogens is 462 g/mol. The highest BCUT2D eigenvalue weighted by Crippen LogP contribution is 2.34. The van der Waals surface area contributed by atoms with Gasteiger partial charge in [0, 0.05) is 18.3 Å². The molecule has 4 rings (SSSR count). The molecule has 0 saturated carbocycles. The Labute approximate surface area is 200 Å². The summed E-state index contributed by atoms with van der Waals surface area (Å²) >= 11 is 0. The number of likely N-dealkylation sites (tertiary alicyclic amines) is 1. The highest BCUT2D eigenvalue weighted by Gasteiger charge is 2.36. The lowest BCUT2D eigenvalue weighted by molar-refractivity contribution is -0.135. The van der Waals surface area contributed by atoms with Crippen LogP contribution < -0.4 is 0 Å². The topological polar surface area (TPSA) is 58.4 Å². The maximum atomic E-state index is 14.8. The van der Waals surface area contributed by atoms with E-state index in [1.165, 1.54) is 24.2 Å². The largest absolute Gasteiger partial charge is 0.391 e.